The van der Waals surface area contributed by atoms with Crippen molar-refractivity contribution in [1.82, 2.24) is 4.31 Å². The Bertz CT molecular complexity index is 744. The molecule has 2 heterocycles. The largest absolute Gasteiger partial charge is 0.370 e. The van der Waals surface area contributed by atoms with E-state index in [9.17, 15) is 8.42 Å². The maximum atomic E-state index is 12.5. The van der Waals surface area contributed by atoms with Gasteiger partial charge in [-0.25, -0.2) is 12.7 Å². The molecule has 2 aliphatic heterocycles. The number of sulfonamides is 1. The molecular weight excluding hydrogens is 320 g/mol. The second kappa shape index (κ2) is 5.21. The Morgan fingerprint density at radius 2 is 1.75 bits per heavy atom. The van der Waals surface area contributed by atoms with E-state index >= 15 is 0 Å². The Labute approximate surface area is 144 Å². The van der Waals surface area contributed by atoms with Crippen molar-refractivity contribution in [2.75, 3.05) is 31.1 Å². The van der Waals surface area contributed by atoms with Gasteiger partial charge < -0.3 is 4.90 Å². The summed E-state index contributed by atoms with van der Waals surface area (Å²) in [6, 6.07) is 8.84. The van der Waals surface area contributed by atoms with Crippen LogP contribution in [0, 0.1) is 5.92 Å². The van der Waals surface area contributed by atoms with E-state index in [1.54, 1.807) is 4.31 Å². The summed E-state index contributed by atoms with van der Waals surface area (Å²) in [7, 11) is -3.02. The molecule has 2 aliphatic carbocycles. The van der Waals surface area contributed by atoms with Crippen LogP contribution in [0.1, 0.15) is 44.1 Å². The zero-order chi connectivity index (χ0) is 16.4. The Balaban J connectivity index is 1.38. The highest BCUT2D eigenvalue weighted by molar-refractivity contribution is 7.90. The van der Waals surface area contributed by atoms with Crippen molar-refractivity contribution >= 4 is 15.7 Å². The monoisotopic (exact) mass is 346 g/mol. The molecule has 4 nitrogen and oxygen atoms in total. The third kappa shape index (κ3) is 2.39. The Kier molecular flexibility index (Phi) is 3.30. The molecular formula is C19H26N2O2S. The van der Waals surface area contributed by atoms with Gasteiger partial charge in [-0.05, 0) is 56.1 Å². The van der Waals surface area contributed by atoms with Crippen LogP contribution in [0.5, 0.6) is 0 Å². The minimum absolute atomic E-state index is 0.0752. The van der Waals surface area contributed by atoms with Crippen LogP contribution in [-0.2, 0) is 15.4 Å². The van der Waals surface area contributed by atoms with Gasteiger partial charge in [-0.15, -0.1) is 0 Å². The summed E-state index contributed by atoms with van der Waals surface area (Å²) >= 11 is 0. The second-order valence-electron chi connectivity index (χ2n) is 8.26. The molecule has 5 rings (SSSR count). The molecule has 0 unspecified atom stereocenters. The molecule has 1 aromatic carbocycles. The number of rotatable bonds is 4. The first-order valence-corrected chi connectivity index (χ1v) is 10.9. The molecule has 0 N–H and O–H groups in total. The van der Waals surface area contributed by atoms with E-state index in [0.717, 1.165) is 38.1 Å². The molecule has 1 spiro atoms. The van der Waals surface area contributed by atoms with Gasteiger partial charge in [0.15, 0.2) is 0 Å². The van der Waals surface area contributed by atoms with Crippen LogP contribution in [-0.4, -0.2) is 44.2 Å². The van der Waals surface area contributed by atoms with E-state index in [-0.39, 0.29) is 10.7 Å². The molecule has 5 heteroatoms. The van der Waals surface area contributed by atoms with E-state index < -0.39 is 10.0 Å². The van der Waals surface area contributed by atoms with Gasteiger partial charge in [0.05, 0.1) is 5.25 Å². The third-order valence-corrected chi connectivity index (χ3v) is 8.87. The highest BCUT2D eigenvalue weighted by Crippen LogP contribution is 2.49. The first kappa shape index (κ1) is 15.2. The highest BCUT2D eigenvalue weighted by atomic mass is 32.2. The normalized spacial score (nSPS) is 26.8. The summed E-state index contributed by atoms with van der Waals surface area (Å²) in [6.07, 6.45) is 6.41. The van der Waals surface area contributed by atoms with Crippen molar-refractivity contribution in [3.05, 3.63) is 29.8 Å². The minimum atomic E-state index is -3.02. The minimum Gasteiger partial charge on any atom is -0.370 e. The Morgan fingerprint density at radius 1 is 1.04 bits per heavy atom. The lowest BCUT2D eigenvalue weighted by Gasteiger charge is -2.39. The maximum Gasteiger partial charge on any atom is 0.216 e. The van der Waals surface area contributed by atoms with Gasteiger partial charge in [-0.3, -0.25) is 0 Å². The van der Waals surface area contributed by atoms with Crippen LogP contribution in [0.15, 0.2) is 24.3 Å². The number of anilines is 1. The van der Waals surface area contributed by atoms with Crippen molar-refractivity contribution < 1.29 is 8.42 Å². The zero-order valence-corrected chi connectivity index (χ0v) is 15.0. The van der Waals surface area contributed by atoms with Crippen LogP contribution in [0.25, 0.3) is 0 Å². The molecule has 1 saturated heterocycles. The number of piperidine rings is 1. The number of para-hydroxylation sites is 1. The lowest BCUT2D eigenvalue weighted by Crippen LogP contribution is -2.48. The molecule has 0 amide bonds. The van der Waals surface area contributed by atoms with Crippen molar-refractivity contribution in [1.29, 1.82) is 0 Å². The van der Waals surface area contributed by atoms with Crippen molar-refractivity contribution in [2.45, 2.75) is 49.2 Å². The number of benzene rings is 1. The molecule has 0 aromatic heterocycles. The number of nitrogens with zero attached hydrogens (tertiary/aromatic N) is 2. The molecule has 130 valence electrons. The van der Waals surface area contributed by atoms with Gasteiger partial charge in [-0.2, -0.15) is 0 Å². The topological polar surface area (TPSA) is 40.6 Å². The lowest BCUT2D eigenvalue weighted by atomic mass is 9.75. The maximum absolute atomic E-state index is 12.5. The van der Waals surface area contributed by atoms with Gasteiger partial charge in [0.1, 0.15) is 0 Å². The predicted octanol–water partition coefficient (Wildman–Crippen LogP) is 2.74. The average molecular weight is 346 g/mol. The summed E-state index contributed by atoms with van der Waals surface area (Å²) in [6.45, 7) is 3.66. The highest BCUT2D eigenvalue weighted by Gasteiger charge is 2.48. The van der Waals surface area contributed by atoms with E-state index in [1.807, 2.05) is 0 Å². The number of fused-ring (bicyclic) bond motifs is 2. The molecule has 0 radical (unpaired) electrons. The van der Waals surface area contributed by atoms with E-state index in [2.05, 4.69) is 29.2 Å². The number of hydrogen-bond acceptors (Lipinski definition) is 3. The standard InChI is InChI=1S/C19H26N2O2S/c22-24(23,16-7-8-16)21-11-9-19(10-12-21)14-20(13-15-5-6-15)18-4-2-1-3-17(18)19/h1-4,15-16H,5-14H2. The zero-order valence-electron chi connectivity index (χ0n) is 14.2. The number of hydrogen-bond donors (Lipinski definition) is 0. The van der Waals surface area contributed by atoms with Gasteiger partial charge in [0.25, 0.3) is 0 Å². The summed E-state index contributed by atoms with van der Waals surface area (Å²) in [5, 5.41) is -0.0752. The first-order valence-electron chi connectivity index (χ1n) is 9.42. The average Bonchev–Trinajstić information content (AvgIpc) is 3.48. The van der Waals surface area contributed by atoms with Gasteiger partial charge in [0.2, 0.25) is 10.0 Å². The van der Waals surface area contributed by atoms with Gasteiger partial charge >= 0.3 is 0 Å². The Hall–Kier alpha value is -1.07. The Morgan fingerprint density at radius 3 is 2.42 bits per heavy atom. The van der Waals surface area contributed by atoms with Crippen molar-refractivity contribution in [3.8, 4) is 0 Å². The molecule has 24 heavy (non-hydrogen) atoms. The van der Waals surface area contributed by atoms with Gasteiger partial charge in [-0.1, -0.05) is 18.2 Å². The van der Waals surface area contributed by atoms with E-state index in [0.29, 0.717) is 13.1 Å². The fourth-order valence-electron chi connectivity index (χ4n) is 4.68. The van der Waals surface area contributed by atoms with Crippen LogP contribution in [0.2, 0.25) is 0 Å². The fourth-order valence-corrected chi connectivity index (χ4v) is 6.53. The molecule has 0 atom stereocenters. The van der Waals surface area contributed by atoms with Crippen LogP contribution in [0.3, 0.4) is 0 Å². The molecule has 4 aliphatic rings. The molecule has 2 saturated carbocycles. The van der Waals surface area contributed by atoms with Crippen molar-refractivity contribution in [2.24, 2.45) is 5.92 Å². The van der Waals surface area contributed by atoms with Crippen molar-refractivity contribution in [3.63, 3.8) is 0 Å². The quantitative estimate of drug-likeness (QED) is 0.842. The molecule has 1 aromatic rings. The molecule has 0 bridgehead atoms. The first-order chi connectivity index (χ1) is 11.6. The summed E-state index contributed by atoms with van der Waals surface area (Å²) in [5.74, 6) is 0.878. The predicted molar refractivity (Wildman–Crippen MR) is 95.8 cm³/mol. The third-order valence-electron chi connectivity index (χ3n) is 6.47. The summed E-state index contributed by atoms with van der Waals surface area (Å²) < 4.78 is 26.8. The molecule has 3 fully saturated rings. The summed E-state index contributed by atoms with van der Waals surface area (Å²) in [5.41, 5.74) is 3.04. The van der Waals surface area contributed by atoms with Crippen LogP contribution >= 0.6 is 0 Å². The SMILES string of the molecule is O=S(=O)(C1CC1)N1CCC2(CC1)CN(CC1CC1)c1ccccc12. The second-order valence-corrected chi connectivity index (χ2v) is 10.5. The summed E-state index contributed by atoms with van der Waals surface area (Å²) in [4.78, 5) is 2.58. The smallest absolute Gasteiger partial charge is 0.216 e. The van der Waals surface area contributed by atoms with Gasteiger partial charge in [0, 0.05) is 37.3 Å². The fraction of sp³-hybridized carbons (Fsp3) is 0.684. The van der Waals surface area contributed by atoms with Crippen LogP contribution in [0.4, 0.5) is 5.69 Å². The van der Waals surface area contributed by atoms with E-state index in [4.69, 9.17) is 0 Å². The van der Waals surface area contributed by atoms with Crippen LogP contribution < -0.4 is 4.90 Å². The lowest BCUT2D eigenvalue weighted by molar-refractivity contribution is 0.243. The van der Waals surface area contributed by atoms with E-state index in [1.165, 1.54) is 30.6 Å².